The summed E-state index contributed by atoms with van der Waals surface area (Å²) in [5.74, 6) is -5.73. The maximum absolute atomic E-state index is 13.5. The van der Waals surface area contributed by atoms with Gasteiger partial charge < -0.3 is 20.8 Å². The van der Waals surface area contributed by atoms with E-state index in [9.17, 15) is 54.7 Å². The van der Waals surface area contributed by atoms with Crippen LogP contribution in [0.5, 0.6) is 0 Å². The number of aromatic nitrogens is 1. The van der Waals surface area contributed by atoms with E-state index in [1.54, 1.807) is 0 Å². The van der Waals surface area contributed by atoms with Crippen molar-refractivity contribution in [1.82, 2.24) is 4.98 Å². The van der Waals surface area contributed by atoms with Gasteiger partial charge in [0.2, 0.25) is 11.6 Å². The Kier molecular flexibility index (Phi) is 13.3. The number of nitrogens with zero attached hydrogens (tertiary/aromatic N) is 3. The van der Waals surface area contributed by atoms with E-state index in [2.05, 4.69) is 36.7 Å². The molecule has 0 saturated heterocycles. The smallest absolute Gasteiger partial charge is 0.328 e. The number of Topliss-reactive ketones (excluding diaryl/α,β-unsaturated/α-hetero) is 2. The molecule has 1 aromatic heterocycles. The van der Waals surface area contributed by atoms with Crippen molar-refractivity contribution in [2.45, 2.75) is 0 Å². The number of aliphatic carboxylic acids is 2. The molecule has 21 nitrogen and oxygen atoms in total. The average Bonchev–Trinajstić information content (AvgIpc) is 3.29. The quantitative estimate of drug-likeness (QED) is 0.0383. The molecular weight excluding hydrogens is 927 g/mol. The van der Waals surface area contributed by atoms with Gasteiger partial charge in [-0.3, -0.25) is 39.1 Å². The third-order valence-corrected chi connectivity index (χ3v) is 11.3. The van der Waals surface area contributed by atoms with Crippen molar-refractivity contribution in [3.63, 3.8) is 0 Å². The van der Waals surface area contributed by atoms with Crippen molar-refractivity contribution in [2.24, 2.45) is 10.2 Å². The van der Waals surface area contributed by atoms with Crippen LogP contribution in [-0.4, -0.2) is 87.9 Å². The molecule has 1 heterocycles. The van der Waals surface area contributed by atoms with Crippen molar-refractivity contribution in [2.75, 3.05) is 21.5 Å². The zero-order chi connectivity index (χ0) is 48.9. The summed E-state index contributed by atoms with van der Waals surface area (Å²) in [6.45, 7) is 0. The number of benzene rings is 4. The molecule has 5 aromatic rings. The number of carboxylic acid groups (broad SMARTS) is 2. The normalized spacial score (nSPS) is 14.8. The molecule has 0 radical (unpaired) electrons. The number of allylic oxidation sites excluding steroid dienone is 2. The first-order valence-corrected chi connectivity index (χ1v) is 22.2. The first kappa shape index (κ1) is 46.9. The van der Waals surface area contributed by atoms with Gasteiger partial charge in [0.25, 0.3) is 32.1 Å². The van der Waals surface area contributed by atoms with Crippen LogP contribution < -0.4 is 21.5 Å². The SMILES string of the molecule is O=C(O)/C=C/c1ccc(N/N=C2\C(=O)c3ccc(NC(=O)c4cccc(C(=O)Nc5ccc6c(c5)C=C(S(=O)(=O)O)/C(=N/Nc5ccc(/C=C/C(=O)O)cc5)C6=O)n4)cc3C=C2S(=O)(=O)O)cc1. The van der Waals surface area contributed by atoms with E-state index in [0.717, 1.165) is 24.3 Å². The summed E-state index contributed by atoms with van der Waals surface area (Å²) < 4.78 is 69.7. The summed E-state index contributed by atoms with van der Waals surface area (Å²) >= 11 is 0. The lowest BCUT2D eigenvalue weighted by atomic mass is 9.94. The maximum atomic E-state index is 13.5. The van der Waals surface area contributed by atoms with E-state index in [4.69, 9.17) is 10.2 Å². The zero-order valence-corrected chi connectivity index (χ0v) is 35.9. The zero-order valence-electron chi connectivity index (χ0n) is 34.3. The Bertz CT molecular complexity index is 3190. The van der Waals surface area contributed by atoms with Crippen LogP contribution in [0.1, 0.15) is 63.9 Å². The molecule has 2 amide bonds. The van der Waals surface area contributed by atoms with E-state index < -0.39 is 76.8 Å². The van der Waals surface area contributed by atoms with Gasteiger partial charge in [-0.2, -0.15) is 27.0 Å². The number of carboxylic acids is 2. The van der Waals surface area contributed by atoms with Gasteiger partial charge in [0.05, 0.1) is 11.4 Å². The number of carbonyl (C=O) groups excluding carboxylic acids is 4. The third kappa shape index (κ3) is 11.1. The number of hydrogen-bond donors (Lipinski definition) is 8. The summed E-state index contributed by atoms with van der Waals surface area (Å²) in [6.07, 6.45) is 6.52. The van der Waals surface area contributed by atoms with E-state index in [0.29, 0.717) is 22.5 Å². The van der Waals surface area contributed by atoms with E-state index in [1.807, 2.05) is 0 Å². The van der Waals surface area contributed by atoms with E-state index in [1.165, 1.54) is 115 Å². The summed E-state index contributed by atoms with van der Waals surface area (Å²) in [6, 6.07) is 23.8. The van der Waals surface area contributed by atoms with Crippen LogP contribution in [0.2, 0.25) is 0 Å². The van der Waals surface area contributed by atoms with Gasteiger partial charge >= 0.3 is 11.9 Å². The van der Waals surface area contributed by atoms with Crippen molar-refractivity contribution in [3.8, 4) is 0 Å². The summed E-state index contributed by atoms with van der Waals surface area (Å²) in [5.41, 5.74) is 5.00. The average molecular weight is 958 g/mol. The highest BCUT2D eigenvalue weighted by Gasteiger charge is 2.34. The number of pyridine rings is 1. The van der Waals surface area contributed by atoms with Crippen LogP contribution in [0.3, 0.4) is 0 Å². The van der Waals surface area contributed by atoms with Crippen LogP contribution >= 0.6 is 0 Å². The van der Waals surface area contributed by atoms with Gasteiger partial charge in [-0.25, -0.2) is 14.6 Å². The second-order valence-electron chi connectivity index (χ2n) is 14.3. The number of carbonyl (C=O) groups is 6. The van der Waals surface area contributed by atoms with Gasteiger partial charge in [-0.1, -0.05) is 30.3 Å². The van der Waals surface area contributed by atoms with Gasteiger partial charge in [-0.05, 0) is 119 Å². The number of hydrogen-bond acceptors (Lipinski definition) is 15. The highest BCUT2D eigenvalue weighted by atomic mass is 32.2. The number of fused-ring (bicyclic) bond motifs is 2. The van der Waals surface area contributed by atoms with Crippen molar-refractivity contribution in [3.05, 3.63) is 170 Å². The van der Waals surface area contributed by atoms with Crippen LogP contribution in [0.15, 0.2) is 135 Å². The Morgan fingerprint density at radius 2 is 0.897 bits per heavy atom. The van der Waals surface area contributed by atoms with Gasteiger partial charge in [0, 0.05) is 34.7 Å². The maximum Gasteiger partial charge on any atom is 0.328 e. The predicted molar refractivity (Wildman–Crippen MR) is 249 cm³/mol. The minimum Gasteiger partial charge on any atom is -0.478 e. The molecule has 0 fully saturated rings. The van der Waals surface area contributed by atoms with Crippen molar-refractivity contribution < 1.29 is 64.9 Å². The molecule has 342 valence electrons. The highest BCUT2D eigenvalue weighted by Crippen LogP contribution is 2.30. The molecule has 0 saturated carbocycles. The largest absolute Gasteiger partial charge is 0.478 e. The fraction of sp³-hybridized carbons (Fsp3) is 0. The molecule has 23 heteroatoms. The third-order valence-electron chi connectivity index (χ3n) is 9.60. The topological polar surface area (TPSA) is 337 Å². The number of anilines is 4. The molecule has 68 heavy (non-hydrogen) atoms. The van der Waals surface area contributed by atoms with Gasteiger partial charge in [-0.15, -0.1) is 0 Å². The van der Waals surface area contributed by atoms with Crippen LogP contribution in [0.25, 0.3) is 24.3 Å². The molecule has 4 aromatic carbocycles. The Hall–Kier alpha value is -9.03. The van der Waals surface area contributed by atoms with Crippen LogP contribution in [0, 0.1) is 0 Å². The minimum absolute atomic E-state index is 0.00306. The number of hydrazone groups is 2. The molecule has 2 aliphatic rings. The monoisotopic (exact) mass is 957 g/mol. The molecule has 0 bridgehead atoms. The summed E-state index contributed by atoms with van der Waals surface area (Å²) in [4.78, 5) is 77.7. The van der Waals surface area contributed by atoms with E-state index >= 15 is 0 Å². The van der Waals surface area contributed by atoms with Gasteiger partial charge in [0.15, 0.2) is 11.4 Å². The Morgan fingerprint density at radius 1 is 0.529 bits per heavy atom. The number of nitrogens with one attached hydrogen (secondary N) is 4. The fourth-order valence-corrected chi connectivity index (χ4v) is 7.74. The minimum atomic E-state index is -5.03. The molecule has 8 N–H and O–H groups in total. The number of amides is 2. The molecule has 0 atom stereocenters. The Labute approximate surface area is 384 Å². The molecule has 2 aliphatic carbocycles. The number of rotatable bonds is 14. The Morgan fingerprint density at radius 3 is 1.25 bits per heavy atom. The lowest BCUT2D eigenvalue weighted by Gasteiger charge is -2.17. The Balaban J connectivity index is 1.04. The first-order chi connectivity index (χ1) is 32.2. The second-order valence-corrected chi connectivity index (χ2v) is 17.1. The molecule has 0 spiro atoms. The summed E-state index contributed by atoms with van der Waals surface area (Å²) in [7, 11) is -10.1. The lowest BCUT2D eigenvalue weighted by Crippen LogP contribution is -2.27. The fourth-order valence-electron chi connectivity index (χ4n) is 6.43. The molecule has 0 aliphatic heterocycles. The standard InChI is InChI=1S/C45H31N7O14S2/c53-38(54)18-8-24-4-10-28(11-5-24)49-51-40-36(67(61,62)63)22-26-20-30(14-16-32(26)42(40)57)46-44(59)34-2-1-3-35(48-34)45(60)47-31-15-17-33-27(21-31)23-37(68(64,65)66)41(43(33)58)52-50-29-12-6-25(7-13-29)9-19-39(55)56/h1-23,49-50H,(H,46,59)(H,47,60)(H,53,54)(H,55,56)(H,61,62,63)(H,64,65,66)/b18-8+,19-9+,51-40-,52-41-. The number of ketones is 2. The van der Waals surface area contributed by atoms with Crippen LogP contribution in [0.4, 0.5) is 22.7 Å². The lowest BCUT2D eigenvalue weighted by molar-refractivity contribution is -0.132. The molecule has 0 unspecified atom stereocenters. The first-order valence-electron chi connectivity index (χ1n) is 19.3. The second kappa shape index (κ2) is 19.2. The van der Waals surface area contributed by atoms with Crippen molar-refractivity contribution in [1.29, 1.82) is 0 Å². The molecule has 7 rings (SSSR count). The summed E-state index contributed by atoms with van der Waals surface area (Å²) in [5, 5.41) is 30.6. The molecular formula is C45H31N7O14S2. The highest BCUT2D eigenvalue weighted by molar-refractivity contribution is 7.91. The van der Waals surface area contributed by atoms with Gasteiger partial charge in [0.1, 0.15) is 21.2 Å². The van der Waals surface area contributed by atoms with E-state index in [-0.39, 0.29) is 45.0 Å². The van der Waals surface area contributed by atoms with Crippen molar-refractivity contribution >= 4 is 114 Å². The van der Waals surface area contributed by atoms with Crippen LogP contribution in [-0.2, 0) is 29.8 Å². The predicted octanol–water partition coefficient (Wildman–Crippen LogP) is 5.57.